The van der Waals surface area contributed by atoms with Crippen molar-refractivity contribution in [2.75, 3.05) is 16.2 Å². The van der Waals surface area contributed by atoms with E-state index in [1.165, 1.54) is 11.3 Å². The van der Waals surface area contributed by atoms with Crippen molar-refractivity contribution < 1.29 is 8.42 Å². The molecule has 0 fully saturated rings. The average molecular weight is 365 g/mol. The van der Waals surface area contributed by atoms with E-state index in [2.05, 4.69) is 32.8 Å². The van der Waals surface area contributed by atoms with Crippen LogP contribution in [0.15, 0.2) is 77.8 Å². The number of sulfonamides is 1. The van der Waals surface area contributed by atoms with Crippen LogP contribution in [-0.2, 0) is 16.4 Å². The van der Waals surface area contributed by atoms with Crippen LogP contribution in [0, 0.1) is 0 Å². The van der Waals surface area contributed by atoms with Crippen molar-refractivity contribution in [2.45, 2.75) is 17.7 Å². The van der Waals surface area contributed by atoms with Crippen LogP contribution in [0.1, 0.15) is 12.0 Å². The minimum Gasteiger partial charge on any atom is -0.340 e. The molecule has 0 amide bonds. The fourth-order valence-electron chi connectivity index (χ4n) is 3.20. The van der Waals surface area contributed by atoms with E-state index in [0.29, 0.717) is 5.82 Å². The first-order valence-electron chi connectivity index (χ1n) is 8.53. The molecule has 1 aliphatic heterocycles. The number of aromatic nitrogens is 1. The summed E-state index contributed by atoms with van der Waals surface area (Å²) in [5.41, 5.74) is 3.48. The minimum atomic E-state index is -3.63. The number of hydrogen-bond acceptors (Lipinski definition) is 4. The van der Waals surface area contributed by atoms with E-state index in [-0.39, 0.29) is 4.90 Å². The van der Waals surface area contributed by atoms with Crippen LogP contribution in [0.2, 0.25) is 0 Å². The predicted molar refractivity (Wildman–Crippen MR) is 103 cm³/mol. The Balaban J connectivity index is 1.57. The van der Waals surface area contributed by atoms with E-state index in [1.54, 1.807) is 42.6 Å². The number of benzene rings is 2. The quantitative estimate of drug-likeness (QED) is 0.760. The lowest BCUT2D eigenvalue weighted by Crippen LogP contribution is -2.24. The van der Waals surface area contributed by atoms with Crippen LogP contribution in [0.4, 0.5) is 17.2 Å². The van der Waals surface area contributed by atoms with Crippen LogP contribution < -0.4 is 9.62 Å². The lowest BCUT2D eigenvalue weighted by atomic mass is 10.0. The molecule has 0 spiro atoms. The molecule has 2 heterocycles. The van der Waals surface area contributed by atoms with Crippen molar-refractivity contribution in [3.63, 3.8) is 0 Å². The van der Waals surface area contributed by atoms with Gasteiger partial charge in [0.15, 0.2) is 0 Å². The van der Waals surface area contributed by atoms with Crippen LogP contribution in [0.3, 0.4) is 0 Å². The summed E-state index contributed by atoms with van der Waals surface area (Å²) in [7, 11) is -3.63. The van der Waals surface area contributed by atoms with Crippen LogP contribution >= 0.6 is 0 Å². The van der Waals surface area contributed by atoms with Gasteiger partial charge in [0.2, 0.25) is 0 Å². The standard InChI is InChI=1S/C20H19N3O2S/c24-26(25,18-9-2-1-3-10-18)22-20-13-12-17(15-21-20)23-14-6-8-16-7-4-5-11-19(16)23/h1-5,7,9-13,15H,6,8,14H2,(H,21,22). The molecule has 132 valence electrons. The molecule has 2 aromatic carbocycles. The summed E-state index contributed by atoms with van der Waals surface area (Å²) in [6, 6.07) is 20.2. The maximum absolute atomic E-state index is 12.4. The summed E-state index contributed by atoms with van der Waals surface area (Å²) < 4.78 is 27.3. The first kappa shape index (κ1) is 16.6. The zero-order valence-electron chi connectivity index (χ0n) is 14.2. The van der Waals surface area contributed by atoms with Gasteiger partial charge in [-0.25, -0.2) is 13.4 Å². The van der Waals surface area contributed by atoms with Crippen LogP contribution in [0.25, 0.3) is 0 Å². The maximum Gasteiger partial charge on any atom is 0.263 e. The molecule has 0 aliphatic carbocycles. The highest BCUT2D eigenvalue weighted by Gasteiger charge is 2.19. The predicted octanol–water partition coefficient (Wildman–Crippen LogP) is 3.97. The number of aryl methyl sites for hydroxylation is 1. The van der Waals surface area contributed by atoms with E-state index in [4.69, 9.17) is 0 Å². The van der Waals surface area contributed by atoms with Gasteiger partial charge in [0, 0.05) is 12.2 Å². The summed E-state index contributed by atoms with van der Waals surface area (Å²) in [4.78, 5) is 6.75. The van der Waals surface area contributed by atoms with E-state index in [1.807, 2.05) is 12.1 Å². The number of rotatable bonds is 4. The summed E-state index contributed by atoms with van der Waals surface area (Å²) in [5.74, 6) is 0.308. The van der Waals surface area contributed by atoms with E-state index >= 15 is 0 Å². The number of para-hydroxylation sites is 1. The maximum atomic E-state index is 12.4. The second-order valence-corrected chi connectivity index (χ2v) is 7.89. The molecule has 0 radical (unpaired) electrons. The van der Waals surface area contributed by atoms with Gasteiger partial charge >= 0.3 is 0 Å². The van der Waals surface area contributed by atoms with Gasteiger partial charge in [-0.3, -0.25) is 4.72 Å². The number of pyridine rings is 1. The van der Waals surface area contributed by atoms with Gasteiger partial charge in [0.05, 0.1) is 16.8 Å². The van der Waals surface area contributed by atoms with E-state index < -0.39 is 10.0 Å². The molecule has 26 heavy (non-hydrogen) atoms. The Morgan fingerprint density at radius 3 is 2.46 bits per heavy atom. The molecule has 0 unspecified atom stereocenters. The molecule has 5 nitrogen and oxygen atoms in total. The fourth-order valence-corrected chi connectivity index (χ4v) is 4.23. The van der Waals surface area contributed by atoms with Gasteiger partial charge in [-0.15, -0.1) is 0 Å². The molecular formula is C20H19N3O2S. The molecule has 1 aromatic heterocycles. The Hall–Kier alpha value is -2.86. The lowest BCUT2D eigenvalue weighted by molar-refractivity contribution is 0.601. The average Bonchev–Trinajstić information content (AvgIpc) is 2.69. The molecule has 0 saturated carbocycles. The Morgan fingerprint density at radius 2 is 1.69 bits per heavy atom. The normalized spacial score (nSPS) is 13.9. The van der Waals surface area contributed by atoms with Crippen molar-refractivity contribution in [3.8, 4) is 0 Å². The molecule has 4 rings (SSSR count). The Labute approximate surface area is 153 Å². The lowest BCUT2D eigenvalue weighted by Gasteiger charge is -2.31. The van der Waals surface area contributed by atoms with Gasteiger partial charge in [-0.2, -0.15) is 0 Å². The molecule has 1 aliphatic rings. The molecule has 1 N–H and O–H groups in total. The topological polar surface area (TPSA) is 62.3 Å². The number of hydrogen-bond donors (Lipinski definition) is 1. The molecule has 0 bridgehead atoms. The summed E-state index contributed by atoms with van der Waals surface area (Å²) in [6.45, 7) is 0.924. The van der Waals surface area contributed by atoms with Crippen LogP contribution in [-0.4, -0.2) is 19.9 Å². The van der Waals surface area contributed by atoms with Crippen molar-refractivity contribution in [3.05, 3.63) is 78.5 Å². The zero-order valence-corrected chi connectivity index (χ0v) is 15.0. The third-order valence-electron chi connectivity index (χ3n) is 4.46. The van der Waals surface area contributed by atoms with Crippen molar-refractivity contribution in [2.24, 2.45) is 0 Å². The van der Waals surface area contributed by atoms with Crippen molar-refractivity contribution in [1.29, 1.82) is 0 Å². The highest BCUT2D eigenvalue weighted by Crippen LogP contribution is 2.33. The Bertz CT molecular complexity index is 1000. The minimum absolute atomic E-state index is 0.218. The first-order valence-corrected chi connectivity index (χ1v) is 10.0. The van der Waals surface area contributed by atoms with Gasteiger partial charge < -0.3 is 4.90 Å². The van der Waals surface area contributed by atoms with E-state index in [9.17, 15) is 8.42 Å². The van der Waals surface area contributed by atoms with Gasteiger partial charge in [0.25, 0.3) is 10.0 Å². The highest BCUT2D eigenvalue weighted by molar-refractivity contribution is 7.92. The number of nitrogens with zero attached hydrogens (tertiary/aromatic N) is 2. The first-order chi connectivity index (χ1) is 12.6. The number of fused-ring (bicyclic) bond motifs is 1. The molecular weight excluding hydrogens is 346 g/mol. The molecule has 3 aromatic rings. The second-order valence-electron chi connectivity index (χ2n) is 6.20. The number of anilines is 3. The number of nitrogens with one attached hydrogen (secondary N) is 1. The van der Waals surface area contributed by atoms with Gasteiger partial charge in [-0.05, 0) is 48.7 Å². The summed E-state index contributed by atoms with van der Waals surface area (Å²) in [5, 5.41) is 0. The van der Waals surface area contributed by atoms with E-state index in [0.717, 1.165) is 25.1 Å². The Kier molecular flexibility index (Phi) is 4.34. The fraction of sp³-hybridized carbons (Fsp3) is 0.150. The van der Waals surface area contributed by atoms with Gasteiger partial charge in [-0.1, -0.05) is 36.4 Å². The van der Waals surface area contributed by atoms with Crippen molar-refractivity contribution in [1.82, 2.24) is 4.98 Å². The summed E-state index contributed by atoms with van der Waals surface area (Å²) in [6.07, 6.45) is 3.87. The monoisotopic (exact) mass is 365 g/mol. The smallest absolute Gasteiger partial charge is 0.263 e. The zero-order chi connectivity index (χ0) is 18.0. The largest absolute Gasteiger partial charge is 0.340 e. The second kappa shape index (κ2) is 6.80. The van der Waals surface area contributed by atoms with Crippen LogP contribution in [0.5, 0.6) is 0 Å². The third kappa shape index (κ3) is 3.28. The van der Waals surface area contributed by atoms with Gasteiger partial charge in [0.1, 0.15) is 5.82 Å². The molecule has 6 heteroatoms. The SMILES string of the molecule is O=S(=O)(Nc1ccc(N2CCCc3ccccc32)cn1)c1ccccc1. The van der Waals surface area contributed by atoms with Crippen molar-refractivity contribution >= 4 is 27.2 Å². The Morgan fingerprint density at radius 1 is 0.923 bits per heavy atom. The highest BCUT2D eigenvalue weighted by atomic mass is 32.2. The molecule has 0 saturated heterocycles. The molecule has 0 atom stereocenters. The third-order valence-corrected chi connectivity index (χ3v) is 5.83. The summed E-state index contributed by atoms with van der Waals surface area (Å²) >= 11 is 0.